The number of carbonyl (C=O) groups excluding carboxylic acids is 1. The highest BCUT2D eigenvalue weighted by atomic mass is 32.2. The molecule has 0 aromatic heterocycles. The fourth-order valence-electron chi connectivity index (χ4n) is 2.91. The van der Waals surface area contributed by atoms with Gasteiger partial charge in [0.1, 0.15) is 0 Å². The topological polar surface area (TPSA) is 66.5 Å². The van der Waals surface area contributed by atoms with Crippen molar-refractivity contribution in [3.63, 3.8) is 0 Å². The molecule has 2 rings (SSSR count). The van der Waals surface area contributed by atoms with Crippen LogP contribution in [0.4, 0.5) is 0 Å². The zero-order chi connectivity index (χ0) is 17.4. The van der Waals surface area contributed by atoms with E-state index >= 15 is 0 Å². The maximum absolute atomic E-state index is 12.7. The molecule has 1 aromatic rings. The second-order valence-electron chi connectivity index (χ2n) is 6.31. The number of rotatable bonds is 8. The van der Waals surface area contributed by atoms with E-state index in [4.69, 9.17) is 0 Å². The van der Waals surface area contributed by atoms with Crippen molar-refractivity contribution in [2.24, 2.45) is 0 Å². The Kier molecular flexibility index (Phi) is 7.24. The average Bonchev–Trinajstić information content (AvgIpc) is 2.62. The molecule has 1 amide bonds. The van der Waals surface area contributed by atoms with Crippen LogP contribution < -0.4 is 5.32 Å². The molecular formula is C18H28N2O3S. The number of benzene rings is 1. The Bertz CT molecular complexity index is 637. The maximum atomic E-state index is 12.7. The minimum Gasteiger partial charge on any atom is -0.352 e. The minimum atomic E-state index is -3.50. The largest absolute Gasteiger partial charge is 0.352 e. The van der Waals surface area contributed by atoms with Crippen molar-refractivity contribution < 1.29 is 13.2 Å². The lowest BCUT2D eigenvalue weighted by molar-refractivity contribution is 0.0952. The summed E-state index contributed by atoms with van der Waals surface area (Å²) in [6.45, 7) is 3.90. The van der Waals surface area contributed by atoms with Gasteiger partial charge in [-0.2, -0.15) is 4.31 Å². The van der Waals surface area contributed by atoms with Crippen molar-refractivity contribution in [3.8, 4) is 0 Å². The highest BCUT2D eigenvalue weighted by molar-refractivity contribution is 7.89. The van der Waals surface area contributed by atoms with Crippen molar-refractivity contribution in [2.75, 3.05) is 19.6 Å². The number of hydrogen-bond donors (Lipinski definition) is 1. The van der Waals surface area contributed by atoms with Gasteiger partial charge in [-0.25, -0.2) is 8.42 Å². The van der Waals surface area contributed by atoms with Crippen molar-refractivity contribution in [1.82, 2.24) is 9.62 Å². The molecule has 0 atom stereocenters. The van der Waals surface area contributed by atoms with Crippen LogP contribution in [0.25, 0.3) is 0 Å². The van der Waals surface area contributed by atoms with Crippen molar-refractivity contribution >= 4 is 15.9 Å². The SMILES string of the molecule is CCCCCCNC(=O)c1cccc(S(=O)(=O)N2CCCCC2)c1. The summed E-state index contributed by atoms with van der Waals surface area (Å²) in [4.78, 5) is 12.4. The number of nitrogens with zero attached hydrogens (tertiary/aromatic N) is 1. The third-order valence-corrected chi connectivity index (χ3v) is 6.26. The molecule has 134 valence electrons. The number of nitrogens with one attached hydrogen (secondary N) is 1. The summed E-state index contributed by atoms with van der Waals surface area (Å²) in [5.41, 5.74) is 0.406. The summed E-state index contributed by atoms with van der Waals surface area (Å²) in [7, 11) is -3.50. The van der Waals surface area contributed by atoms with Gasteiger partial charge in [-0.15, -0.1) is 0 Å². The lowest BCUT2D eigenvalue weighted by Crippen LogP contribution is -2.35. The number of carbonyl (C=O) groups is 1. The molecule has 0 unspecified atom stereocenters. The van der Waals surface area contributed by atoms with Crippen LogP contribution in [0.5, 0.6) is 0 Å². The molecule has 0 spiro atoms. The maximum Gasteiger partial charge on any atom is 0.251 e. The molecule has 0 aliphatic carbocycles. The molecule has 0 radical (unpaired) electrons. The minimum absolute atomic E-state index is 0.206. The first kappa shape index (κ1) is 18.9. The zero-order valence-electron chi connectivity index (χ0n) is 14.5. The first-order chi connectivity index (χ1) is 11.6. The van der Waals surface area contributed by atoms with Gasteiger partial charge in [0.05, 0.1) is 4.90 Å². The molecule has 1 fully saturated rings. The van der Waals surface area contributed by atoms with E-state index < -0.39 is 10.0 Å². The number of amides is 1. The fourth-order valence-corrected chi connectivity index (χ4v) is 4.47. The highest BCUT2D eigenvalue weighted by Crippen LogP contribution is 2.21. The molecule has 24 heavy (non-hydrogen) atoms. The van der Waals surface area contributed by atoms with Gasteiger partial charge >= 0.3 is 0 Å². The van der Waals surface area contributed by atoms with E-state index in [9.17, 15) is 13.2 Å². The summed E-state index contributed by atoms with van der Waals surface area (Å²) < 4.78 is 26.9. The summed E-state index contributed by atoms with van der Waals surface area (Å²) in [5.74, 6) is -0.206. The van der Waals surface area contributed by atoms with Crippen LogP contribution >= 0.6 is 0 Å². The Hall–Kier alpha value is -1.40. The summed E-state index contributed by atoms with van der Waals surface area (Å²) >= 11 is 0. The fraction of sp³-hybridized carbons (Fsp3) is 0.611. The molecule has 1 aliphatic rings. The van der Waals surface area contributed by atoms with Crippen LogP contribution in [0.15, 0.2) is 29.2 Å². The third kappa shape index (κ3) is 5.05. The molecular weight excluding hydrogens is 324 g/mol. The first-order valence-corrected chi connectivity index (χ1v) is 10.4. The molecule has 1 N–H and O–H groups in total. The van der Waals surface area contributed by atoms with Gasteiger partial charge in [0, 0.05) is 25.2 Å². The predicted molar refractivity (Wildman–Crippen MR) is 95.5 cm³/mol. The molecule has 0 bridgehead atoms. The van der Waals surface area contributed by atoms with E-state index in [0.717, 1.165) is 38.5 Å². The van der Waals surface area contributed by atoms with E-state index in [1.165, 1.54) is 16.8 Å². The second kappa shape index (κ2) is 9.18. The highest BCUT2D eigenvalue weighted by Gasteiger charge is 2.26. The van der Waals surface area contributed by atoms with Gasteiger partial charge in [-0.05, 0) is 37.5 Å². The van der Waals surface area contributed by atoms with Gasteiger partial charge in [0.15, 0.2) is 0 Å². The second-order valence-corrected chi connectivity index (χ2v) is 8.25. The first-order valence-electron chi connectivity index (χ1n) is 8.94. The van der Waals surface area contributed by atoms with Crippen LogP contribution in [-0.4, -0.2) is 38.3 Å². The Labute approximate surface area is 145 Å². The smallest absolute Gasteiger partial charge is 0.251 e. The van der Waals surface area contributed by atoms with Gasteiger partial charge in [-0.1, -0.05) is 38.7 Å². The Morgan fingerprint density at radius 1 is 1.12 bits per heavy atom. The number of unbranched alkanes of at least 4 members (excludes halogenated alkanes) is 3. The lowest BCUT2D eigenvalue weighted by Gasteiger charge is -2.26. The lowest BCUT2D eigenvalue weighted by atomic mass is 10.2. The van der Waals surface area contributed by atoms with E-state index in [1.807, 2.05) is 0 Å². The summed E-state index contributed by atoms with van der Waals surface area (Å²) in [5, 5.41) is 2.87. The van der Waals surface area contributed by atoms with Crippen LogP contribution in [0.3, 0.4) is 0 Å². The van der Waals surface area contributed by atoms with Crippen molar-refractivity contribution in [2.45, 2.75) is 56.8 Å². The van der Waals surface area contributed by atoms with E-state index in [-0.39, 0.29) is 10.8 Å². The molecule has 1 saturated heterocycles. The normalized spacial score (nSPS) is 16.0. The van der Waals surface area contributed by atoms with Gasteiger partial charge in [-0.3, -0.25) is 4.79 Å². The van der Waals surface area contributed by atoms with E-state index in [2.05, 4.69) is 12.2 Å². The Morgan fingerprint density at radius 3 is 2.58 bits per heavy atom. The van der Waals surface area contributed by atoms with Crippen LogP contribution in [0, 0.1) is 0 Å². The van der Waals surface area contributed by atoms with Gasteiger partial charge < -0.3 is 5.32 Å². The van der Waals surface area contributed by atoms with E-state index in [1.54, 1.807) is 18.2 Å². The standard InChI is InChI=1S/C18H28N2O3S/c1-2-3-4-6-12-19-18(21)16-10-9-11-17(15-16)24(22,23)20-13-7-5-8-14-20/h9-11,15H,2-8,12-14H2,1H3,(H,19,21). The molecule has 0 saturated carbocycles. The molecule has 5 nitrogen and oxygen atoms in total. The van der Waals surface area contributed by atoms with Crippen LogP contribution in [-0.2, 0) is 10.0 Å². The van der Waals surface area contributed by atoms with Gasteiger partial charge in [0.25, 0.3) is 5.91 Å². The van der Waals surface area contributed by atoms with Gasteiger partial charge in [0.2, 0.25) is 10.0 Å². The van der Waals surface area contributed by atoms with Crippen LogP contribution in [0.2, 0.25) is 0 Å². The number of piperidine rings is 1. The van der Waals surface area contributed by atoms with E-state index in [0.29, 0.717) is 25.2 Å². The summed E-state index contributed by atoms with van der Waals surface area (Å²) in [6.07, 6.45) is 7.25. The number of sulfonamides is 1. The third-order valence-electron chi connectivity index (χ3n) is 4.36. The molecule has 1 aromatic carbocycles. The monoisotopic (exact) mass is 352 g/mol. The molecule has 1 heterocycles. The van der Waals surface area contributed by atoms with Crippen molar-refractivity contribution in [1.29, 1.82) is 0 Å². The average molecular weight is 353 g/mol. The molecule has 1 aliphatic heterocycles. The Morgan fingerprint density at radius 2 is 1.88 bits per heavy atom. The Balaban J connectivity index is 2.01. The number of hydrogen-bond acceptors (Lipinski definition) is 3. The van der Waals surface area contributed by atoms with Crippen molar-refractivity contribution in [3.05, 3.63) is 29.8 Å². The van der Waals surface area contributed by atoms with Crippen LogP contribution in [0.1, 0.15) is 62.2 Å². The zero-order valence-corrected chi connectivity index (χ0v) is 15.3. The molecule has 6 heteroatoms. The quantitative estimate of drug-likeness (QED) is 0.731. The predicted octanol–water partition coefficient (Wildman–Crippen LogP) is 3.17. The summed E-state index contributed by atoms with van der Waals surface area (Å²) in [6, 6.07) is 6.37.